The highest BCUT2D eigenvalue weighted by Gasteiger charge is 2.26. The fraction of sp³-hybridized carbons (Fsp3) is 0.571. The average molecular weight is 330 g/mol. The van der Waals surface area contributed by atoms with Crippen molar-refractivity contribution in [2.45, 2.75) is 37.1 Å². The van der Waals surface area contributed by atoms with Crippen LogP contribution in [0.2, 0.25) is 0 Å². The number of benzene rings is 1. The monoisotopic (exact) mass is 329 g/mol. The molecule has 0 aromatic heterocycles. The molecule has 3 unspecified atom stereocenters. The Morgan fingerprint density at radius 3 is 3.00 bits per heavy atom. The summed E-state index contributed by atoms with van der Waals surface area (Å²) in [6.07, 6.45) is 4.33. The molecule has 2 rings (SSSR count). The molecule has 0 saturated carbocycles. The zero-order chi connectivity index (χ0) is 13.1. The van der Waals surface area contributed by atoms with Crippen LogP contribution in [0.1, 0.15) is 30.5 Å². The molecular weight excluding hydrogens is 310 g/mol. The average Bonchev–Trinajstić information content (AvgIpc) is 2.76. The lowest BCUT2D eigenvalue weighted by Gasteiger charge is -2.25. The smallest absolute Gasteiger partial charge is 0.0564 e. The van der Waals surface area contributed by atoms with Gasteiger partial charge in [0, 0.05) is 21.8 Å². The van der Waals surface area contributed by atoms with Gasteiger partial charge in [-0.15, -0.1) is 0 Å². The van der Waals surface area contributed by atoms with Crippen molar-refractivity contribution in [1.82, 2.24) is 5.32 Å². The first-order chi connectivity index (χ1) is 8.67. The summed E-state index contributed by atoms with van der Waals surface area (Å²) in [4.78, 5) is 0. The van der Waals surface area contributed by atoms with Gasteiger partial charge in [0.15, 0.2) is 0 Å². The maximum Gasteiger partial charge on any atom is 0.0564 e. The Balaban J connectivity index is 2.08. The number of halogens is 1. The van der Waals surface area contributed by atoms with Crippen molar-refractivity contribution in [3.8, 4) is 0 Å². The zero-order valence-electron chi connectivity index (χ0n) is 10.8. The Morgan fingerprint density at radius 1 is 1.56 bits per heavy atom. The Bertz CT molecular complexity index is 409. The molecule has 18 heavy (non-hydrogen) atoms. The molecule has 1 aliphatic carbocycles. The lowest BCUT2D eigenvalue weighted by molar-refractivity contribution is 0.270. The van der Waals surface area contributed by atoms with Crippen molar-refractivity contribution in [3.05, 3.63) is 33.8 Å². The first-order valence-electron chi connectivity index (χ1n) is 6.34. The van der Waals surface area contributed by atoms with Crippen LogP contribution in [0, 0.1) is 0 Å². The van der Waals surface area contributed by atoms with Gasteiger partial charge in [0.25, 0.3) is 0 Å². The molecular formula is C14H20BrNOS. The van der Waals surface area contributed by atoms with Crippen LogP contribution in [0.3, 0.4) is 0 Å². The molecule has 2 N–H and O–H groups in total. The van der Waals surface area contributed by atoms with Gasteiger partial charge in [-0.2, -0.15) is 11.8 Å². The molecule has 0 bridgehead atoms. The second-order valence-corrected chi connectivity index (χ2v) is 6.74. The zero-order valence-corrected chi connectivity index (χ0v) is 13.2. The van der Waals surface area contributed by atoms with Gasteiger partial charge in [-0.3, -0.25) is 0 Å². The van der Waals surface area contributed by atoms with E-state index >= 15 is 0 Å². The number of nitrogens with one attached hydrogen (secondary N) is 1. The van der Waals surface area contributed by atoms with Gasteiger partial charge in [-0.1, -0.05) is 28.1 Å². The van der Waals surface area contributed by atoms with Gasteiger partial charge in [0.05, 0.1) is 6.61 Å². The first kappa shape index (κ1) is 14.4. The second kappa shape index (κ2) is 6.42. The minimum Gasteiger partial charge on any atom is -0.395 e. The quantitative estimate of drug-likeness (QED) is 0.870. The Kier molecular flexibility index (Phi) is 5.13. The predicted octanol–water partition coefficient (Wildman–Crippen LogP) is 3.14. The van der Waals surface area contributed by atoms with Gasteiger partial charge >= 0.3 is 0 Å². The van der Waals surface area contributed by atoms with Gasteiger partial charge in [-0.25, -0.2) is 0 Å². The van der Waals surface area contributed by atoms with Crippen molar-refractivity contribution in [1.29, 1.82) is 0 Å². The SMILES string of the molecule is CSC(CO)C(C)NC1CCc2c(Br)cccc21. The van der Waals surface area contributed by atoms with E-state index < -0.39 is 0 Å². The van der Waals surface area contributed by atoms with Crippen molar-refractivity contribution in [2.24, 2.45) is 0 Å². The second-order valence-electron chi connectivity index (χ2n) is 4.81. The molecule has 0 amide bonds. The summed E-state index contributed by atoms with van der Waals surface area (Å²) in [5.74, 6) is 0. The molecule has 1 aromatic rings. The highest BCUT2D eigenvalue weighted by molar-refractivity contribution is 9.10. The molecule has 2 nitrogen and oxygen atoms in total. The maximum atomic E-state index is 9.34. The molecule has 0 heterocycles. The minimum atomic E-state index is 0.230. The third-order valence-electron chi connectivity index (χ3n) is 3.72. The lowest BCUT2D eigenvalue weighted by atomic mass is 10.1. The van der Waals surface area contributed by atoms with Crippen LogP contribution >= 0.6 is 27.7 Å². The summed E-state index contributed by atoms with van der Waals surface area (Å²) < 4.78 is 1.22. The van der Waals surface area contributed by atoms with Gasteiger partial charge in [0.1, 0.15) is 0 Å². The van der Waals surface area contributed by atoms with Crippen LogP contribution in [0.5, 0.6) is 0 Å². The fourth-order valence-corrected chi connectivity index (χ4v) is 3.86. The molecule has 1 aromatic carbocycles. The summed E-state index contributed by atoms with van der Waals surface area (Å²) in [7, 11) is 0. The number of aliphatic hydroxyl groups is 1. The van der Waals surface area contributed by atoms with Gasteiger partial charge in [-0.05, 0) is 43.2 Å². The molecule has 0 radical (unpaired) electrons. The van der Waals surface area contributed by atoms with Crippen molar-refractivity contribution in [3.63, 3.8) is 0 Å². The normalized spacial score (nSPS) is 21.7. The highest BCUT2D eigenvalue weighted by atomic mass is 79.9. The number of aliphatic hydroxyl groups excluding tert-OH is 1. The molecule has 0 spiro atoms. The number of hydrogen-bond donors (Lipinski definition) is 2. The summed E-state index contributed by atoms with van der Waals surface area (Å²) in [5, 5.41) is 13.3. The lowest BCUT2D eigenvalue weighted by Crippen LogP contribution is -2.39. The molecule has 3 atom stereocenters. The number of rotatable bonds is 5. The molecule has 1 aliphatic rings. The van der Waals surface area contributed by atoms with Crippen LogP contribution < -0.4 is 5.32 Å². The third-order valence-corrected chi connectivity index (χ3v) is 5.62. The standard InChI is InChI=1S/C14H20BrNOS/c1-9(14(8-17)18-2)16-13-7-6-10-11(13)4-3-5-12(10)15/h3-5,9,13-14,16-17H,6-8H2,1-2H3. The fourth-order valence-electron chi connectivity index (χ4n) is 2.64. The van der Waals surface area contributed by atoms with E-state index in [0.717, 1.165) is 12.8 Å². The molecule has 100 valence electrons. The van der Waals surface area contributed by atoms with E-state index in [-0.39, 0.29) is 11.9 Å². The molecule has 0 aliphatic heterocycles. The number of fused-ring (bicyclic) bond motifs is 1. The van der Waals surface area contributed by atoms with E-state index in [2.05, 4.69) is 52.6 Å². The topological polar surface area (TPSA) is 32.3 Å². The van der Waals surface area contributed by atoms with Crippen molar-refractivity contribution < 1.29 is 5.11 Å². The minimum absolute atomic E-state index is 0.230. The molecule has 0 saturated heterocycles. The first-order valence-corrected chi connectivity index (χ1v) is 8.42. The Labute approximate surface area is 122 Å². The van der Waals surface area contributed by atoms with Crippen LogP contribution in [-0.2, 0) is 6.42 Å². The Morgan fingerprint density at radius 2 is 2.33 bits per heavy atom. The van der Waals surface area contributed by atoms with Crippen LogP contribution in [0.4, 0.5) is 0 Å². The van der Waals surface area contributed by atoms with Crippen LogP contribution in [0.15, 0.2) is 22.7 Å². The van der Waals surface area contributed by atoms with Crippen molar-refractivity contribution in [2.75, 3.05) is 12.9 Å². The number of hydrogen-bond acceptors (Lipinski definition) is 3. The van der Waals surface area contributed by atoms with E-state index in [1.54, 1.807) is 11.8 Å². The van der Waals surface area contributed by atoms with E-state index in [4.69, 9.17) is 0 Å². The molecule has 4 heteroatoms. The van der Waals surface area contributed by atoms with E-state index in [1.807, 2.05) is 0 Å². The largest absolute Gasteiger partial charge is 0.395 e. The third kappa shape index (κ3) is 2.93. The van der Waals surface area contributed by atoms with Gasteiger partial charge in [0.2, 0.25) is 0 Å². The summed E-state index contributed by atoms with van der Waals surface area (Å²) in [5.41, 5.74) is 2.85. The number of thioether (sulfide) groups is 1. The predicted molar refractivity (Wildman–Crippen MR) is 82.2 cm³/mol. The van der Waals surface area contributed by atoms with E-state index in [9.17, 15) is 5.11 Å². The Hall–Kier alpha value is -0.0300. The van der Waals surface area contributed by atoms with Crippen LogP contribution in [-0.4, -0.2) is 29.3 Å². The van der Waals surface area contributed by atoms with E-state index in [0.29, 0.717) is 12.1 Å². The van der Waals surface area contributed by atoms with E-state index in [1.165, 1.54) is 15.6 Å². The maximum absolute atomic E-state index is 9.34. The van der Waals surface area contributed by atoms with Crippen molar-refractivity contribution >= 4 is 27.7 Å². The van der Waals surface area contributed by atoms with Gasteiger partial charge < -0.3 is 10.4 Å². The summed E-state index contributed by atoms with van der Waals surface area (Å²) >= 11 is 5.35. The highest BCUT2D eigenvalue weighted by Crippen LogP contribution is 2.36. The summed E-state index contributed by atoms with van der Waals surface area (Å²) in [6, 6.07) is 7.17. The summed E-state index contributed by atoms with van der Waals surface area (Å²) in [6.45, 7) is 2.39. The molecule has 0 fully saturated rings. The van der Waals surface area contributed by atoms with Crippen LogP contribution in [0.25, 0.3) is 0 Å².